The Kier molecular flexibility index (Phi) is 68.2. The van der Waals surface area contributed by atoms with Crippen LogP contribution in [0.5, 0.6) is 5.75 Å². The molecule has 0 aliphatic carbocycles. The molecule has 0 heterocycles. The highest BCUT2D eigenvalue weighted by Crippen LogP contribution is 2.41. The van der Waals surface area contributed by atoms with Crippen molar-refractivity contribution in [2.45, 2.75) is 320 Å². The lowest BCUT2D eigenvalue weighted by Gasteiger charge is -2.14. The summed E-state index contributed by atoms with van der Waals surface area (Å²) in [4.78, 5) is 8.39. The molecule has 0 bridgehead atoms. The predicted octanol–water partition coefficient (Wildman–Crippen LogP) is 41.9. The molecule has 0 aliphatic heterocycles. The minimum Gasteiger partial charge on any atom is -0.405 e. The van der Waals surface area contributed by atoms with E-state index in [1.165, 1.54) is 107 Å². The molecule has 12 aromatic rings. The summed E-state index contributed by atoms with van der Waals surface area (Å²) in [7, 11) is 0. The summed E-state index contributed by atoms with van der Waals surface area (Å²) in [6.07, 6.45) is -2.49. The number of para-hydroxylation sites is 1. The fraction of sp³-hybridized carbons (Fsp3) is 0.390. The Bertz CT molecular complexity index is 5150. The van der Waals surface area contributed by atoms with Gasteiger partial charge in [-0.2, -0.15) is 43.7 Å². The Morgan fingerprint density at radius 2 is 0.613 bits per heavy atom. The standard InChI is InChI=1S/C10H11F3O.C10H11F3S.3C10H11N.3C10H14S.4C10H14.3CH4/c2*1-7(2)8-5-3-4-6-9(8)14-10(11,12)13;1-8(2)9-4-6-10(11-3)7-5-9;1-8(2)9-5-4-6-10(7-9)11-3;1-8(2)10-6-4-3-5-9(10)7-11;1-8(2)9-6-4-5-7-10(9)11-3;1-8(2)10-5-3-9(7-11)4-6-10;1-8(2)10-5-3-4-9(6-10)7-11;2*1-8(2)10-6-4-9(3)5-7-10;2*1-8(2)10-6-4-5-9(3)7-10;;;/h2*3-7H,1-2H3;2*4-8H,1-2H3;3-6,8H,1-2H3;4-8H,1-3H3;2*3-6,8,11H,7H2,1-2H3;4*4-8H,1-3H3;3*1H4. The number of hydrogen-bond donors (Lipinski definition) is 2. The molecule has 744 valence electrons. The fourth-order valence-electron chi connectivity index (χ4n) is 12.5. The molecule has 0 radical (unpaired) electrons. The van der Waals surface area contributed by atoms with E-state index in [0.717, 1.165) is 39.6 Å². The van der Waals surface area contributed by atoms with Gasteiger partial charge in [0.25, 0.3) is 0 Å². The highest BCUT2D eigenvalue weighted by atomic mass is 32.2. The molecule has 0 spiro atoms. The Morgan fingerprint density at radius 3 is 0.927 bits per heavy atom. The van der Waals surface area contributed by atoms with Crippen molar-refractivity contribution >= 4 is 60.2 Å². The molecule has 0 unspecified atom stereocenters. The van der Waals surface area contributed by atoms with E-state index in [2.05, 4.69) is 394 Å². The highest BCUT2D eigenvalue weighted by molar-refractivity contribution is 8.00. The van der Waals surface area contributed by atoms with E-state index < -0.39 is 11.9 Å². The second-order valence-electron chi connectivity index (χ2n) is 36.3. The van der Waals surface area contributed by atoms with Crippen molar-refractivity contribution in [1.29, 1.82) is 5.26 Å². The number of alkyl halides is 6. The van der Waals surface area contributed by atoms with Crippen LogP contribution in [0.2, 0.25) is 0 Å². The van der Waals surface area contributed by atoms with Gasteiger partial charge in [-0.3, -0.25) is 0 Å². The van der Waals surface area contributed by atoms with Crippen LogP contribution in [0.3, 0.4) is 0 Å². The number of thiol groups is 2. The number of ether oxygens (including phenoxy) is 1. The smallest absolute Gasteiger partial charge is 0.405 e. The van der Waals surface area contributed by atoms with Gasteiger partial charge in [-0.15, -0.1) is 24.9 Å². The van der Waals surface area contributed by atoms with Crippen LogP contribution in [0, 0.1) is 52.2 Å². The summed E-state index contributed by atoms with van der Waals surface area (Å²) >= 11 is 10.2. The van der Waals surface area contributed by atoms with E-state index >= 15 is 0 Å². The largest absolute Gasteiger partial charge is 0.573 e. The first-order valence-electron chi connectivity index (χ1n) is 46.5. The summed E-state index contributed by atoms with van der Waals surface area (Å²) in [6.45, 7) is 73.2. The SMILES string of the molecule is C.C.C.CC(C)c1ccc(CS)cc1.CC(C)c1cccc(CS)c1.CC(C)c1ccccc1C#N.CC(C)c1ccccc1OC(F)(F)F.CC(C)c1ccccc1SC(F)(F)F.CSc1ccccc1C(C)C.Cc1ccc(C(C)C)cc1.Cc1ccc(C(C)C)cc1.Cc1cccc(C(C)C)c1.Cc1cccc(C(C)C)c1.[C-]#[N+]c1ccc(C(C)C)cc1.[C-]#[N+]c1cccc(C(C)C)c1. The zero-order valence-corrected chi connectivity index (χ0v) is 88.7. The first-order valence-corrected chi connectivity index (χ1v) is 49.8. The molecule has 0 N–H and O–H groups in total. The highest BCUT2D eigenvalue weighted by Gasteiger charge is 2.33. The van der Waals surface area contributed by atoms with Gasteiger partial charge in [0.15, 0.2) is 11.4 Å². The molecule has 0 fully saturated rings. The Hall–Kier alpha value is -10.1. The molecule has 0 saturated carbocycles. The molecule has 12 rings (SSSR count). The van der Waals surface area contributed by atoms with Crippen LogP contribution in [0.4, 0.5) is 37.7 Å². The molecule has 0 saturated heterocycles. The molecule has 0 atom stereocenters. The summed E-state index contributed by atoms with van der Waals surface area (Å²) in [5.41, 5.74) is 20.9. The summed E-state index contributed by atoms with van der Waals surface area (Å²) < 4.78 is 76.2. The van der Waals surface area contributed by atoms with Crippen molar-refractivity contribution in [3.8, 4) is 11.8 Å². The minimum atomic E-state index is -4.62. The number of aryl methyl sites for hydroxylation is 4. The molecule has 0 aliphatic rings. The van der Waals surface area contributed by atoms with E-state index in [4.69, 9.17) is 18.4 Å². The molecule has 14 heteroatoms. The molecule has 12 aromatic carbocycles. The average Bonchev–Trinajstić information content (AvgIpc) is 0.871. The molecule has 0 aromatic heterocycles. The Labute approximate surface area is 848 Å². The van der Waals surface area contributed by atoms with Crippen LogP contribution in [0.15, 0.2) is 301 Å². The van der Waals surface area contributed by atoms with Crippen LogP contribution < -0.4 is 4.74 Å². The van der Waals surface area contributed by atoms with Crippen molar-refractivity contribution < 1.29 is 31.1 Å². The average molecular weight is 1940 g/mol. The third kappa shape index (κ3) is 57.1. The van der Waals surface area contributed by atoms with Crippen LogP contribution in [0.25, 0.3) is 9.69 Å². The van der Waals surface area contributed by atoms with Gasteiger partial charge in [0.1, 0.15) is 5.75 Å². The first-order chi connectivity index (χ1) is 63.0. The molecular weight excluding hydrogens is 1780 g/mol. The third-order valence-electron chi connectivity index (χ3n) is 20.9. The second kappa shape index (κ2) is 71.4. The van der Waals surface area contributed by atoms with E-state index in [-0.39, 0.29) is 51.6 Å². The lowest BCUT2D eigenvalue weighted by molar-refractivity contribution is -0.275. The number of rotatable bonds is 17. The Balaban J connectivity index is -0.00000143. The summed E-state index contributed by atoms with van der Waals surface area (Å²) in [6, 6.07) is 98.8. The van der Waals surface area contributed by atoms with Crippen LogP contribution in [-0.4, -0.2) is 18.1 Å². The van der Waals surface area contributed by atoms with Gasteiger partial charge in [-0.05, 0) is 213 Å². The minimum absolute atomic E-state index is 0. The van der Waals surface area contributed by atoms with Gasteiger partial charge in [0.2, 0.25) is 0 Å². The monoisotopic (exact) mass is 1940 g/mol. The van der Waals surface area contributed by atoms with Crippen molar-refractivity contribution in [1.82, 2.24) is 0 Å². The summed E-state index contributed by atoms with van der Waals surface area (Å²) in [5, 5.41) is 8.72. The van der Waals surface area contributed by atoms with Crippen molar-refractivity contribution in [3.05, 3.63) is 420 Å². The van der Waals surface area contributed by atoms with E-state index in [1.807, 2.05) is 106 Å². The lowest BCUT2D eigenvalue weighted by Crippen LogP contribution is -2.18. The van der Waals surface area contributed by atoms with E-state index in [1.54, 1.807) is 30.3 Å². The van der Waals surface area contributed by atoms with Crippen molar-refractivity contribution in [2.24, 2.45) is 0 Å². The third-order valence-corrected chi connectivity index (χ3v) is 23.3. The van der Waals surface area contributed by atoms with Crippen molar-refractivity contribution in [2.75, 3.05) is 6.26 Å². The van der Waals surface area contributed by atoms with Gasteiger partial charge in [0, 0.05) is 21.3 Å². The maximum atomic E-state index is 12.1. The van der Waals surface area contributed by atoms with E-state index in [0.29, 0.717) is 69.6 Å². The van der Waals surface area contributed by atoms with Gasteiger partial charge < -0.3 is 4.74 Å². The van der Waals surface area contributed by atoms with Crippen LogP contribution >= 0.6 is 48.8 Å². The maximum absolute atomic E-state index is 12.1. The molecule has 137 heavy (non-hydrogen) atoms. The zero-order chi connectivity index (χ0) is 101. The Morgan fingerprint density at radius 1 is 0.307 bits per heavy atom. The maximum Gasteiger partial charge on any atom is 0.573 e. The van der Waals surface area contributed by atoms with Gasteiger partial charge in [0.05, 0.1) is 24.8 Å². The lowest BCUT2D eigenvalue weighted by atomic mass is 9.98. The zero-order valence-electron chi connectivity index (χ0n) is 85.3. The number of nitriles is 1. The fourth-order valence-corrected chi connectivity index (χ4v) is 14.5. The number of thioether (sulfide) groups is 2. The van der Waals surface area contributed by atoms with Gasteiger partial charge in [-0.1, -0.05) is 483 Å². The number of nitrogens with zero attached hydrogens (tertiary/aromatic N) is 3. The van der Waals surface area contributed by atoms with Gasteiger partial charge >= 0.3 is 11.9 Å². The quantitative estimate of drug-likeness (QED) is 0.0413. The number of halogens is 6. The van der Waals surface area contributed by atoms with E-state index in [9.17, 15) is 26.3 Å². The molecule has 0 amide bonds. The normalized spacial score (nSPS) is 10.4. The topological polar surface area (TPSA) is 41.7 Å². The van der Waals surface area contributed by atoms with Crippen LogP contribution in [-0.2, 0) is 11.5 Å². The second-order valence-corrected chi connectivity index (χ2v) is 38.9. The number of benzene rings is 12. The first kappa shape index (κ1) is 131. The van der Waals surface area contributed by atoms with Gasteiger partial charge in [-0.25, -0.2) is 9.69 Å². The summed E-state index contributed by atoms with van der Waals surface area (Å²) in [5.74, 6) is 7.67. The van der Waals surface area contributed by atoms with Crippen molar-refractivity contribution in [3.63, 3.8) is 0 Å². The molecule has 4 nitrogen and oxygen atoms in total. The van der Waals surface area contributed by atoms with Crippen LogP contribution in [0.1, 0.15) is 365 Å². The predicted molar refractivity (Wildman–Crippen MR) is 599 cm³/mol. The molecular formula is C123H165F6N3OS4. The number of hydrogen-bond acceptors (Lipinski definition) is 6.